The molecule has 1 amide bonds. The first-order chi connectivity index (χ1) is 9.04. The lowest BCUT2D eigenvalue weighted by Gasteiger charge is -2.26. The van der Waals surface area contributed by atoms with Crippen molar-refractivity contribution in [3.63, 3.8) is 0 Å². The monoisotopic (exact) mass is 323 g/mol. The van der Waals surface area contributed by atoms with Crippen LogP contribution in [0.15, 0.2) is 22.7 Å². The van der Waals surface area contributed by atoms with Gasteiger partial charge in [0.25, 0.3) is 5.91 Å². The molecule has 1 aromatic rings. The largest absolute Gasteiger partial charge is 0.352 e. The highest BCUT2D eigenvalue weighted by atomic mass is 79.9. The summed E-state index contributed by atoms with van der Waals surface area (Å²) in [5.41, 5.74) is 1.85. The molecule has 0 heterocycles. The van der Waals surface area contributed by atoms with E-state index in [-0.39, 0.29) is 5.91 Å². The van der Waals surface area contributed by atoms with Gasteiger partial charge in [-0.05, 0) is 55.4 Å². The molecule has 1 N–H and O–H groups in total. The van der Waals surface area contributed by atoms with Gasteiger partial charge in [0.05, 0.1) is 0 Å². The molecule has 0 spiro atoms. The van der Waals surface area contributed by atoms with Gasteiger partial charge in [-0.1, -0.05) is 35.7 Å². The van der Waals surface area contributed by atoms with Gasteiger partial charge in [-0.3, -0.25) is 4.79 Å². The van der Waals surface area contributed by atoms with Crippen molar-refractivity contribution in [2.75, 3.05) is 6.54 Å². The van der Waals surface area contributed by atoms with Crippen molar-refractivity contribution < 1.29 is 4.79 Å². The quantitative estimate of drug-likeness (QED) is 0.882. The minimum atomic E-state index is 0.0441. The normalized spacial score (nSPS) is 23.1. The maximum atomic E-state index is 12.1. The zero-order chi connectivity index (χ0) is 13.8. The summed E-state index contributed by atoms with van der Waals surface area (Å²) >= 11 is 3.44. The summed E-state index contributed by atoms with van der Waals surface area (Å²) in [6, 6.07) is 5.83. The topological polar surface area (TPSA) is 29.1 Å². The predicted molar refractivity (Wildman–Crippen MR) is 82.3 cm³/mol. The molecule has 1 aliphatic carbocycles. The summed E-state index contributed by atoms with van der Waals surface area (Å²) in [5.74, 6) is 1.51. The first-order valence-corrected chi connectivity index (χ1v) is 7.89. The molecular formula is C16H22BrNO. The van der Waals surface area contributed by atoms with Gasteiger partial charge in [0.1, 0.15) is 0 Å². The average Bonchev–Trinajstić information content (AvgIpc) is 2.35. The first kappa shape index (κ1) is 14.6. The van der Waals surface area contributed by atoms with E-state index in [1.807, 2.05) is 25.1 Å². The zero-order valence-electron chi connectivity index (χ0n) is 11.7. The Morgan fingerprint density at radius 2 is 2.16 bits per heavy atom. The number of halogens is 1. The Balaban J connectivity index is 1.90. The lowest BCUT2D eigenvalue weighted by molar-refractivity contribution is 0.0940. The molecule has 2 unspecified atom stereocenters. The van der Waals surface area contributed by atoms with Crippen molar-refractivity contribution in [3.05, 3.63) is 33.8 Å². The van der Waals surface area contributed by atoms with Crippen LogP contribution in [0.2, 0.25) is 0 Å². The van der Waals surface area contributed by atoms with Crippen LogP contribution in [0.4, 0.5) is 0 Å². The van der Waals surface area contributed by atoms with Gasteiger partial charge in [-0.25, -0.2) is 0 Å². The van der Waals surface area contributed by atoms with Crippen molar-refractivity contribution in [3.8, 4) is 0 Å². The van der Waals surface area contributed by atoms with Gasteiger partial charge in [-0.2, -0.15) is 0 Å². The Morgan fingerprint density at radius 1 is 1.37 bits per heavy atom. The van der Waals surface area contributed by atoms with Crippen molar-refractivity contribution in [1.29, 1.82) is 0 Å². The van der Waals surface area contributed by atoms with E-state index in [0.29, 0.717) is 5.92 Å². The summed E-state index contributed by atoms with van der Waals surface area (Å²) in [4.78, 5) is 12.1. The van der Waals surface area contributed by atoms with Crippen molar-refractivity contribution >= 4 is 21.8 Å². The summed E-state index contributed by atoms with van der Waals surface area (Å²) in [7, 11) is 0. The molecule has 2 nitrogen and oxygen atoms in total. The molecule has 2 rings (SSSR count). The molecular weight excluding hydrogens is 302 g/mol. The highest BCUT2D eigenvalue weighted by molar-refractivity contribution is 9.10. The molecule has 2 atom stereocenters. The number of benzene rings is 1. The van der Waals surface area contributed by atoms with Crippen LogP contribution >= 0.6 is 15.9 Å². The van der Waals surface area contributed by atoms with Crippen LogP contribution in [0, 0.1) is 18.8 Å². The van der Waals surface area contributed by atoms with Crippen LogP contribution in [0.3, 0.4) is 0 Å². The first-order valence-electron chi connectivity index (χ1n) is 7.10. The summed E-state index contributed by atoms with van der Waals surface area (Å²) in [6.45, 7) is 5.13. The van der Waals surface area contributed by atoms with E-state index in [4.69, 9.17) is 0 Å². The van der Waals surface area contributed by atoms with Gasteiger partial charge < -0.3 is 5.32 Å². The number of rotatable bonds is 3. The molecule has 0 bridgehead atoms. The maximum absolute atomic E-state index is 12.1. The van der Waals surface area contributed by atoms with E-state index in [1.54, 1.807) is 0 Å². The van der Waals surface area contributed by atoms with E-state index in [9.17, 15) is 4.79 Å². The Labute approximate surface area is 124 Å². The lowest BCUT2D eigenvalue weighted by atomic mass is 9.82. The number of carbonyl (C=O) groups is 1. The highest BCUT2D eigenvalue weighted by Gasteiger charge is 2.19. The van der Waals surface area contributed by atoms with Crippen LogP contribution in [0.1, 0.15) is 48.5 Å². The van der Waals surface area contributed by atoms with E-state index in [0.717, 1.165) is 28.1 Å². The third-order valence-corrected chi connectivity index (χ3v) is 4.36. The van der Waals surface area contributed by atoms with E-state index in [2.05, 4.69) is 28.2 Å². The highest BCUT2D eigenvalue weighted by Crippen LogP contribution is 2.28. The minimum Gasteiger partial charge on any atom is -0.352 e. The SMILES string of the molecule is Cc1cc(Br)cc(C(=O)NCC2CCCC(C)C2)c1. The smallest absolute Gasteiger partial charge is 0.251 e. The second-order valence-electron chi connectivity index (χ2n) is 5.87. The number of carbonyl (C=O) groups excluding carboxylic acids is 1. The third kappa shape index (κ3) is 4.34. The Kier molecular flexibility index (Phi) is 5.03. The van der Waals surface area contributed by atoms with Gasteiger partial charge in [0.15, 0.2) is 0 Å². The van der Waals surface area contributed by atoms with Crippen molar-refractivity contribution in [2.45, 2.75) is 39.5 Å². The van der Waals surface area contributed by atoms with Crippen molar-refractivity contribution in [2.24, 2.45) is 11.8 Å². The molecule has 3 heteroatoms. The molecule has 0 saturated heterocycles. The summed E-state index contributed by atoms with van der Waals surface area (Å²) in [6.07, 6.45) is 5.15. The molecule has 1 aliphatic rings. The average molecular weight is 324 g/mol. The molecule has 19 heavy (non-hydrogen) atoms. The third-order valence-electron chi connectivity index (χ3n) is 3.90. The van der Waals surface area contributed by atoms with Crippen LogP contribution in [-0.4, -0.2) is 12.5 Å². The van der Waals surface area contributed by atoms with Crippen LogP contribution in [0.5, 0.6) is 0 Å². The van der Waals surface area contributed by atoms with E-state index >= 15 is 0 Å². The Hall–Kier alpha value is -0.830. The Bertz CT molecular complexity index is 438. The molecule has 104 valence electrons. The second kappa shape index (κ2) is 6.56. The maximum Gasteiger partial charge on any atom is 0.251 e. The minimum absolute atomic E-state index is 0.0441. The summed E-state index contributed by atoms with van der Waals surface area (Å²) < 4.78 is 0.962. The second-order valence-corrected chi connectivity index (χ2v) is 6.78. The van der Waals surface area contributed by atoms with Gasteiger partial charge in [0, 0.05) is 16.6 Å². The van der Waals surface area contributed by atoms with Gasteiger partial charge >= 0.3 is 0 Å². The standard InChI is InChI=1S/C16H22BrNO/c1-11-4-3-5-13(6-11)10-18-16(19)14-7-12(2)8-15(17)9-14/h7-9,11,13H,3-6,10H2,1-2H3,(H,18,19). The Morgan fingerprint density at radius 3 is 2.84 bits per heavy atom. The zero-order valence-corrected chi connectivity index (χ0v) is 13.3. The number of nitrogens with one attached hydrogen (secondary N) is 1. The summed E-state index contributed by atoms with van der Waals surface area (Å²) in [5, 5.41) is 3.08. The van der Waals surface area contributed by atoms with Gasteiger partial charge in [-0.15, -0.1) is 0 Å². The van der Waals surface area contributed by atoms with Crippen molar-refractivity contribution in [1.82, 2.24) is 5.32 Å². The van der Waals surface area contributed by atoms with Crippen LogP contribution in [-0.2, 0) is 0 Å². The van der Waals surface area contributed by atoms with E-state index < -0.39 is 0 Å². The van der Waals surface area contributed by atoms with Crippen LogP contribution < -0.4 is 5.32 Å². The molecule has 0 radical (unpaired) electrons. The van der Waals surface area contributed by atoms with Gasteiger partial charge in [0.2, 0.25) is 0 Å². The number of amides is 1. The fourth-order valence-corrected chi connectivity index (χ4v) is 3.56. The molecule has 1 aromatic carbocycles. The lowest BCUT2D eigenvalue weighted by Crippen LogP contribution is -2.31. The predicted octanol–water partition coefficient (Wildman–Crippen LogP) is 4.31. The molecule has 1 saturated carbocycles. The number of aryl methyl sites for hydroxylation is 1. The molecule has 0 aliphatic heterocycles. The fourth-order valence-electron chi connectivity index (χ4n) is 2.95. The molecule has 1 fully saturated rings. The van der Waals surface area contributed by atoms with Crippen LogP contribution in [0.25, 0.3) is 0 Å². The fraction of sp³-hybridized carbons (Fsp3) is 0.562. The number of hydrogen-bond donors (Lipinski definition) is 1. The van der Waals surface area contributed by atoms with E-state index in [1.165, 1.54) is 25.7 Å². The molecule has 0 aromatic heterocycles. The number of hydrogen-bond acceptors (Lipinski definition) is 1.